The smallest absolute Gasteiger partial charge is 0.231 e. The van der Waals surface area contributed by atoms with E-state index in [0.29, 0.717) is 10.6 Å². The molecule has 0 unspecified atom stereocenters. The van der Waals surface area contributed by atoms with Crippen molar-refractivity contribution in [2.24, 2.45) is 0 Å². The summed E-state index contributed by atoms with van der Waals surface area (Å²) in [6, 6.07) is 16.1. The lowest BCUT2D eigenvalue weighted by molar-refractivity contribution is 0.174. The number of anilines is 1. The van der Waals surface area contributed by atoms with Gasteiger partial charge in [-0.3, -0.25) is 0 Å². The van der Waals surface area contributed by atoms with Crippen molar-refractivity contribution in [1.29, 1.82) is 5.26 Å². The van der Waals surface area contributed by atoms with Crippen LogP contribution >= 0.6 is 11.3 Å². The average molecular weight is 375 g/mol. The zero-order valence-electron chi connectivity index (χ0n) is 15.0. The first-order valence-electron chi connectivity index (χ1n) is 8.39. The molecular weight excluding hydrogens is 358 g/mol. The highest BCUT2D eigenvalue weighted by molar-refractivity contribution is 7.11. The van der Waals surface area contributed by atoms with Gasteiger partial charge in [-0.25, -0.2) is 4.98 Å². The molecule has 1 aliphatic heterocycles. The Labute approximate surface area is 161 Å². The molecule has 0 N–H and O–H groups in total. The second-order valence-corrected chi connectivity index (χ2v) is 7.12. The number of rotatable bonds is 4. The molecule has 0 atom stereocenters. The molecule has 0 radical (unpaired) electrons. The molecule has 0 fully saturated rings. The summed E-state index contributed by atoms with van der Waals surface area (Å²) in [4.78, 5) is 6.68. The van der Waals surface area contributed by atoms with Crippen molar-refractivity contribution in [2.75, 3.05) is 25.8 Å². The van der Waals surface area contributed by atoms with Gasteiger partial charge in [0.25, 0.3) is 0 Å². The summed E-state index contributed by atoms with van der Waals surface area (Å²) in [5.41, 5.74) is 4.39. The zero-order chi connectivity index (χ0) is 18.8. The summed E-state index contributed by atoms with van der Waals surface area (Å²) in [6.45, 7) is 0.245. The predicted octanol–water partition coefficient (Wildman–Crippen LogP) is 4.67. The maximum Gasteiger partial charge on any atom is 0.231 e. The number of thiazole rings is 1. The Morgan fingerprint density at radius 2 is 1.93 bits per heavy atom. The molecule has 4 rings (SSSR count). The van der Waals surface area contributed by atoms with E-state index in [9.17, 15) is 5.26 Å². The standard InChI is InChI=1S/C21H17N3O2S/c1-24(2)17-6-3-14(4-7-17)9-16(11-22)21-23-18(12-27-21)15-5-8-19-20(10-15)26-13-25-19/h3-10,12H,13H2,1-2H3. The van der Waals surface area contributed by atoms with Crippen LogP contribution < -0.4 is 14.4 Å². The van der Waals surface area contributed by atoms with Gasteiger partial charge < -0.3 is 14.4 Å². The number of ether oxygens (including phenoxy) is 2. The normalized spacial score (nSPS) is 12.7. The summed E-state index contributed by atoms with van der Waals surface area (Å²) >= 11 is 1.46. The van der Waals surface area contributed by atoms with Gasteiger partial charge in [0.2, 0.25) is 6.79 Å². The van der Waals surface area contributed by atoms with Crippen molar-refractivity contribution < 1.29 is 9.47 Å². The van der Waals surface area contributed by atoms with Gasteiger partial charge in [-0.2, -0.15) is 5.26 Å². The molecule has 1 aliphatic rings. The Morgan fingerprint density at radius 1 is 1.15 bits per heavy atom. The fraction of sp³-hybridized carbons (Fsp3) is 0.143. The summed E-state index contributed by atoms with van der Waals surface area (Å²) < 4.78 is 10.8. The highest BCUT2D eigenvalue weighted by Crippen LogP contribution is 2.36. The van der Waals surface area contributed by atoms with Crippen molar-refractivity contribution in [3.05, 3.63) is 58.4 Å². The van der Waals surface area contributed by atoms with Crippen molar-refractivity contribution in [1.82, 2.24) is 4.98 Å². The summed E-state index contributed by atoms with van der Waals surface area (Å²) in [6.07, 6.45) is 1.86. The van der Waals surface area contributed by atoms with E-state index in [0.717, 1.165) is 34.0 Å². The molecule has 0 saturated heterocycles. The van der Waals surface area contributed by atoms with Crippen molar-refractivity contribution in [2.45, 2.75) is 0 Å². The molecule has 3 aromatic rings. The van der Waals surface area contributed by atoms with E-state index in [1.165, 1.54) is 11.3 Å². The van der Waals surface area contributed by atoms with Gasteiger partial charge in [-0.05, 0) is 42.0 Å². The maximum atomic E-state index is 9.59. The average Bonchev–Trinajstić information content (AvgIpc) is 3.35. The van der Waals surface area contributed by atoms with Crippen LogP contribution in [0.3, 0.4) is 0 Å². The van der Waals surface area contributed by atoms with Crippen LogP contribution in [0.4, 0.5) is 5.69 Å². The van der Waals surface area contributed by atoms with Crippen molar-refractivity contribution >= 4 is 28.7 Å². The number of benzene rings is 2. The van der Waals surface area contributed by atoms with E-state index < -0.39 is 0 Å². The van der Waals surface area contributed by atoms with Gasteiger partial charge in [-0.1, -0.05) is 12.1 Å². The number of nitrogens with zero attached hydrogens (tertiary/aromatic N) is 3. The van der Waals surface area contributed by atoms with Gasteiger partial charge in [0, 0.05) is 30.7 Å². The van der Waals surface area contributed by atoms with Crippen LogP contribution in [0.25, 0.3) is 22.9 Å². The molecule has 2 heterocycles. The van der Waals surface area contributed by atoms with E-state index >= 15 is 0 Å². The zero-order valence-corrected chi connectivity index (χ0v) is 15.8. The van der Waals surface area contributed by atoms with E-state index in [2.05, 4.69) is 11.1 Å². The SMILES string of the molecule is CN(C)c1ccc(C=C(C#N)c2nc(-c3ccc4c(c3)OCO4)cs2)cc1. The van der Waals surface area contributed by atoms with Crippen molar-refractivity contribution in [3.63, 3.8) is 0 Å². The lowest BCUT2D eigenvalue weighted by Crippen LogP contribution is -2.07. The Morgan fingerprint density at radius 3 is 2.67 bits per heavy atom. The number of allylic oxidation sites excluding steroid dienone is 1. The molecule has 0 bridgehead atoms. The fourth-order valence-corrected chi connectivity index (χ4v) is 3.56. The van der Waals surface area contributed by atoms with Crippen LogP contribution in [0.2, 0.25) is 0 Å². The molecule has 134 valence electrons. The first-order chi connectivity index (χ1) is 13.1. The molecule has 0 aliphatic carbocycles. The third-order valence-electron chi connectivity index (χ3n) is 4.24. The first kappa shape index (κ1) is 17.1. The quantitative estimate of drug-likeness (QED) is 0.620. The second-order valence-electron chi connectivity index (χ2n) is 6.26. The first-order valence-corrected chi connectivity index (χ1v) is 9.27. The van der Waals surface area contributed by atoms with Gasteiger partial charge in [0.15, 0.2) is 11.5 Å². The fourth-order valence-electron chi connectivity index (χ4n) is 2.76. The molecule has 0 saturated carbocycles. The lowest BCUT2D eigenvalue weighted by Gasteiger charge is -2.11. The molecule has 6 heteroatoms. The summed E-state index contributed by atoms with van der Waals surface area (Å²) in [5, 5.41) is 12.2. The largest absolute Gasteiger partial charge is 0.454 e. The topological polar surface area (TPSA) is 58.4 Å². The third kappa shape index (κ3) is 3.50. The predicted molar refractivity (Wildman–Crippen MR) is 108 cm³/mol. The van der Waals surface area contributed by atoms with E-state index in [4.69, 9.17) is 9.47 Å². The van der Waals surface area contributed by atoms with E-state index in [-0.39, 0.29) is 6.79 Å². The Bertz CT molecular complexity index is 1050. The molecular formula is C21H17N3O2S. The van der Waals surface area contributed by atoms with Crippen molar-refractivity contribution in [3.8, 4) is 28.8 Å². The third-order valence-corrected chi connectivity index (χ3v) is 5.12. The minimum atomic E-state index is 0.245. The van der Waals surface area contributed by atoms with Crippen LogP contribution in [0.1, 0.15) is 10.6 Å². The van der Waals surface area contributed by atoms with Gasteiger partial charge in [0.05, 0.1) is 11.3 Å². The number of aromatic nitrogens is 1. The highest BCUT2D eigenvalue weighted by Gasteiger charge is 2.16. The molecule has 27 heavy (non-hydrogen) atoms. The Kier molecular flexibility index (Phi) is 4.53. The molecule has 0 spiro atoms. The maximum absolute atomic E-state index is 9.59. The van der Waals surface area contributed by atoms with Gasteiger partial charge >= 0.3 is 0 Å². The lowest BCUT2D eigenvalue weighted by atomic mass is 10.1. The molecule has 1 aromatic heterocycles. The van der Waals surface area contributed by atoms with Crippen LogP contribution in [-0.2, 0) is 0 Å². The van der Waals surface area contributed by atoms with Gasteiger partial charge in [0.1, 0.15) is 11.1 Å². The highest BCUT2D eigenvalue weighted by atomic mass is 32.1. The summed E-state index contributed by atoms with van der Waals surface area (Å²) in [5.74, 6) is 1.46. The monoisotopic (exact) mass is 375 g/mol. The van der Waals surface area contributed by atoms with Crippen LogP contribution in [0, 0.1) is 11.3 Å². The number of hydrogen-bond acceptors (Lipinski definition) is 6. The van der Waals surface area contributed by atoms with Crippen LogP contribution in [0.15, 0.2) is 47.8 Å². The molecule has 0 amide bonds. The van der Waals surface area contributed by atoms with E-state index in [1.54, 1.807) is 0 Å². The Hall–Kier alpha value is -3.30. The minimum Gasteiger partial charge on any atom is -0.454 e. The molecule has 2 aromatic carbocycles. The second kappa shape index (κ2) is 7.14. The van der Waals surface area contributed by atoms with Gasteiger partial charge in [-0.15, -0.1) is 11.3 Å². The summed E-state index contributed by atoms with van der Waals surface area (Å²) in [7, 11) is 4.00. The van der Waals surface area contributed by atoms with Crippen LogP contribution in [-0.4, -0.2) is 25.9 Å². The number of fused-ring (bicyclic) bond motifs is 1. The number of hydrogen-bond donors (Lipinski definition) is 0. The molecule has 5 nitrogen and oxygen atoms in total. The minimum absolute atomic E-state index is 0.245. The number of nitriles is 1. The Balaban J connectivity index is 1.61. The van der Waals surface area contributed by atoms with E-state index in [1.807, 2.05) is 72.9 Å². The van der Waals surface area contributed by atoms with Crippen LogP contribution in [0.5, 0.6) is 11.5 Å².